The molecule has 0 radical (unpaired) electrons. The summed E-state index contributed by atoms with van der Waals surface area (Å²) in [6, 6.07) is 32.2. The summed E-state index contributed by atoms with van der Waals surface area (Å²) in [6.45, 7) is 19.4. The first-order valence-electron chi connectivity index (χ1n) is 24.2. The van der Waals surface area contributed by atoms with Crippen molar-refractivity contribution in [2.24, 2.45) is 0 Å². The van der Waals surface area contributed by atoms with Gasteiger partial charge in [0.25, 0.3) is 0 Å². The summed E-state index contributed by atoms with van der Waals surface area (Å²) in [5, 5.41) is 29.6. The molecule has 9 rings (SSSR count). The first-order chi connectivity index (χ1) is 33.4. The van der Waals surface area contributed by atoms with Crippen molar-refractivity contribution in [3.8, 4) is 0 Å². The Labute approximate surface area is 410 Å². The van der Waals surface area contributed by atoms with Gasteiger partial charge >= 0.3 is 21.4 Å². The van der Waals surface area contributed by atoms with Crippen molar-refractivity contribution in [1.82, 2.24) is 9.97 Å². The quantitative estimate of drug-likeness (QED) is 0.102. The Morgan fingerprint density at radius 1 is 0.464 bits per heavy atom. The number of aromatic nitrogens is 2. The molecule has 0 aliphatic carbocycles. The maximum Gasteiger partial charge on any atom is 0.491 e. The molecule has 4 aromatic carbocycles. The molecule has 5 heterocycles. The van der Waals surface area contributed by atoms with Crippen LogP contribution in [0.1, 0.15) is 123 Å². The number of ketones is 3. The maximum atomic E-state index is 12.3. The first kappa shape index (κ1) is 55.7. The molecule has 14 heteroatoms. The highest BCUT2D eigenvalue weighted by molar-refractivity contribution is 6.61. The van der Waals surface area contributed by atoms with Crippen LogP contribution in [0.2, 0.25) is 0 Å². The monoisotopic (exact) mass is 933 g/mol. The third-order valence-corrected chi connectivity index (χ3v) is 11.3. The third kappa shape index (κ3) is 16.4. The van der Waals surface area contributed by atoms with Gasteiger partial charge in [0.15, 0.2) is 17.3 Å². The predicted molar refractivity (Wildman–Crippen MR) is 278 cm³/mol. The molecule has 0 amide bonds. The van der Waals surface area contributed by atoms with Crippen LogP contribution in [0.3, 0.4) is 0 Å². The Morgan fingerprint density at radius 3 is 1.25 bits per heavy atom. The number of carbonyl (C=O) groups excluding carboxylic acids is 3. The maximum absolute atomic E-state index is 12.3. The molecule has 0 bridgehead atoms. The van der Waals surface area contributed by atoms with Crippen LogP contribution in [0.25, 0.3) is 0 Å². The van der Waals surface area contributed by atoms with Crippen LogP contribution < -0.4 is 16.4 Å². The smallest absolute Gasteiger partial charge is 0.423 e. The molecule has 3 aliphatic rings. The fourth-order valence-electron chi connectivity index (χ4n) is 7.60. The van der Waals surface area contributed by atoms with E-state index in [0.717, 1.165) is 91.4 Å². The summed E-state index contributed by atoms with van der Waals surface area (Å²) < 4.78 is 15.7. The normalized spacial score (nSPS) is 13.0. The van der Waals surface area contributed by atoms with Crippen LogP contribution in [-0.4, -0.2) is 83.6 Å². The van der Waals surface area contributed by atoms with Gasteiger partial charge in [-0.1, -0.05) is 132 Å². The van der Waals surface area contributed by atoms with E-state index in [1.54, 1.807) is 24.5 Å². The fraction of sp³-hybridized carbons (Fsp3) is 0.327. The van der Waals surface area contributed by atoms with E-state index >= 15 is 0 Å². The van der Waals surface area contributed by atoms with E-state index in [-0.39, 0.29) is 23.8 Å². The molecule has 3 N–H and O–H groups in total. The summed E-state index contributed by atoms with van der Waals surface area (Å²) >= 11 is 0. The lowest BCUT2D eigenvalue weighted by molar-refractivity contribution is 0.0981. The lowest BCUT2D eigenvalue weighted by Crippen LogP contribution is -2.41. The highest BCUT2D eigenvalue weighted by Crippen LogP contribution is 2.16. The van der Waals surface area contributed by atoms with Crippen molar-refractivity contribution >= 4 is 55.1 Å². The standard InChI is InChI=1S/C17H17BO3.2C16H16BNO3.3C2H6/c1-12-2-5-15(6-3-12)17(19)11-13-4-7-14-8-9-21-18(20)16(14)10-13;1-11-2-5-15(18-10-11)16(19)9-12-3-4-13-6-7-21-17(20)14(13)8-12;1-11-2-4-14(10-18-11)16(19)9-12-3-5-13-6-7-21-17(20)15(13)8-12;3*1-2/h2-7,10,20H,8-9,11H2,1H3;2*2-5,8,10,20H,6-7,9H2,1H3;3*1-2H3. The molecule has 69 heavy (non-hydrogen) atoms. The van der Waals surface area contributed by atoms with Crippen molar-refractivity contribution in [3.63, 3.8) is 0 Å². The van der Waals surface area contributed by atoms with Gasteiger partial charge in [-0.05, 0) is 114 Å². The first-order valence-corrected chi connectivity index (χ1v) is 24.2. The molecule has 0 saturated heterocycles. The van der Waals surface area contributed by atoms with Crippen molar-refractivity contribution in [2.45, 2.75) is 101 Å². The van der Waals surface area contributed by atoms with E-state index in [1.807, 2.05) is 153 Å². The molecule has 11 nitrogen and oxygen atoms in total. The van der Waals surface area contributed by atoms with E-state index in [4.69, 9.17) is 14.0 Å². The Morgan fingerprint density at radius 2 is 0.855 bits per heavy atom. The number of pyridine rings is 2. The van der Waals surface area contributed by atoms with E-state index in [0.29, 0.717) is 43.9 Å². The number of rotatable bonds is 9. The number of benzene rings is 4. The second-order valence-electron chi connectivity index (χ2n) is 16.1. The second kappa shape index (κ2) is 28.6. The third-order valence-electron chi connectivity index (χ3n) is 11.3. The lowest BCUT2D eigenvalue weighted by atomic mass is 9.72. The summed E-state index contributed by atoms with van der Waals surface area (Å²) in [6.07, 6.45) is 6.59. The molecule has 2 aromatic heterocycles. The number of fused-ring (bicyclic) bond motifs is 3. The van der Waals surface area contributed by atoms with Gasteiger partial charge in [-0.15, -0.1) is 0 Å². The Hall–Kier alpha value is -5.86. The van der Waals surface area contributed by atoms with E-state index < -0.39 is 21.4 Å². The molecule has 0 atom stereocenters. The number of hydrogen-bond acceptors (Lipinski definition) is 11. The molecular weight excluding hydrogens is 865 g/mol. The van der Waals surface area contributed by atoms with Gasteiger partial charge in [0.05, 0.1) is 0 Å². The minimum absolute atomic E-state index is 0.0219. The summed E-state index contributed by atoms with van der Waals surface area (Å²) in [5.41, 5.74) is 13.1. The van der Waals surface area contributed by atoms with Gasteiger partial charge in [-0.25, -0.2) is 0 Å². The van der Waals surface area contributed by atoms with Gasteiger partial charge in [0.1, 0.15) is 5.69 Å². The Balaban J connectivity index is 0.000000213. The molecule has 0 fully saturated rings. The van der Waals surface area contributed by atoms with Crippen molar-refractivity contribution in [2.75, 3.05) is 19.8 Å². The average molecular weight is 933 g/mol. The number of hydrogen-bond donors (Lipinski definition) is 3. The van der Waals surface area contributed by atoms with E-state index in [2.05, 4.69) is 9.97 Å². The highest BCUT2D eigenvalue weighted by Gasteiger charge is 2.27. The largest absolute Gasteiger partial charge is 0.491 e. The predicted octanol–water partition coefficient (Wildman–Crippen LogP) is 6.91. The van der Waals surface area contributed by atoms with Gasteiger partial charge in [-0.2, -0.15) is 0 Å². The lowest BCUT2D eigenvalue weighted by Gasteiger charge is -2.19. The number of carbonyl (C=O) groups is 3. The van der Waals surface area contributed by atoms with Crippen LogP contribution in [0.15, 0.2) is 116 Å². The summed E-state index contributed by atoms with van der Waals surface area (Å²) in [7, 11) is -2.64. The van der Waals surface area contributed by atoms with Crippen molar-refractivity contribution in [3.05, 3.63) is 183 Å². The SMILES string of the molecule is CC.CC.CC.Cc1ccc(C(=O)Cc2ccc3c(c2)B(O)OCC3)cc1.Cc1ccc(C(=O)Cc2ccc3c(c2)B(O)OCC3)cn1.Cc1ccc(C(=O)Cc2ccc3c(c2)B(O)OCC3)nc1. The Kier molecular flexibility index (Phi) is 23.1. The number of nitrogens with zero attached hydrogens (tertiary/aromatic N) is 2. The van der Waals surface area contributed by atoms with Gasteiger partial charge in [0, 0.05) is 68.3 Å². The number of aryl methyl sites for hydroxylation is 3. The molecular formula is C55H67B3N2O9. The van der Waals surface area contributed by atoms with E-state index in [1.165, 1.54) is 0 Å². The van der Waals surface area contributed by atoms with Gasteiger partial charge in [-0.3, -0.25) is 24.4 Å². The molecule has 0 spiro atoms. The molecule has 0 unspecified atom stereocenters. The summed E-state index contributed by atoms with van der Waals surface area (Å²) in [4.78, 5) is 45.0. The van der Waals surface area contributed by atoms with Crippen LogP contribution in [0.4, 0.5) is 0 Å². The average Bonchev–Trinajstić information content (AvgIpc) is 3.37. The summed E-state index contributed by atoms with van der Waals surface area (Å²) in [5.74, 6) is 0.0796. The fourth-order valence-corrected chi connectivity index (χ4v) is 7.60. The zero-order chi connectivity index (χ0) is 50.5. The van der Waals surface area contributed by atoms with Gasteiger partial charge < -0.3 is 29.0 Å². The van der Waals surface area contributed by atoms with E-state index in [9.17, 15) is 29.5 Å². The molecule has 3 aliphatic heterocycles. The Bertz CT molecular complexity index is 2290. The van der Waals surface area contributed by atoms with Gasteiger partial charge in [0.2, 0.25) is 0 Å². The molecule has 360 valence electrons. The minimum Gasteiger partial charge on any atom is -0.423 e. The molecule has 6 aromatic rings. The minimum atomic E-state index is -0.888. The second-order valence-corrected chi connectivity index (χ2v) is 16.1. The molecule has 0 saturated carbocycles. The van der Waals surface area contributed by atoms with Crippen LogP contribution >= 0.6 is 0 Å². The van der Waals surface area contributed by atoms with Crippen molar-refractivity contribution < 1.29 is 43.4 Å². The van der Waals surface area contributed by atoms with Crippen LogP contribution in [0.5, 0.6) is 0 Å². The van der Waals surface area contributed by atoms with Crippen molar-refractivity contribution in [1.29, 1.82) is 0 Å². The van der Waals surface area contributed by atoms with Crippen LogP contribution in [0, 0.1) is 20.8 Å². The number of Topliss-reactive ketones (excluding diaryl/α,β-unsaturated/α-hetero) is 3. The topological polar surface area (TPSA) is 165 Å². The zero-order valence-corrected chi connectivity index (χ0v) is 41.8. The highest BCUT2D eigenvalue weighted by atomic mass is 16.5. The van der Waals surface area contributed by atoms with Crippen LogP contribution in [-0.2, 0) is 52.5 Å². The zero-order valence-electron chi connectivity index (χ0n) is 41.8.